The average molecular weight is 341 g/mol. The van der Waals surface area contributed by atoms with Crippen LogP contribution in [-0.4, -0.2) is 42.6 Å². The average Bonchev–Trinajstić information content (AvgIpc) is 3.10. The first-order valence-corrected chi connectivity index (χ1v) is 8.94. The van der Waals surface area contributed by atoms with Crippen LogP contribution >= 0.6 is 0 Å². The molecule has 3 aromatic rings. The maximum Gasteiger partial charge on any atom is 0.352 e. The largest absolute Gasteiger partial charge is 0.352 e. The van der Waals surface area contributed by atoms with Crippen molar-refractivity contribution in [2.24, 2.45) is 5.92 Å². The van der Waals surface area contributed by atoms with E-state index >= 15 is 0 Å². The van der Waals surface area contributed by atoms with Crippen molar-refractivity contribution in [1.29, 1.82) is 0 Å². The topological polar surface area (TPSA) is 64.5 Å². The van der Waals surface area contributed by atoms with Gasteiger partial charge in [0.25, 0.3) is 0 Å². The number of amides is 1. The van der Waals surface area contributed by atoms with E-state index in [0.29, 0.717) is 18.2 Å². The van der Waals surface area contributed by atoms with Crippen LogP contribution in [0.25, 0.3) is 16.8 Å². The summed E-state index contributed by atoms with van der Waals surface area (Å²) in [5, 5.41) is 4.45. The van der Waals surface area contributed by atoms with Gasteiger partial charge < -0.3 is 9.47 Å². The van der Waals surface area contributed by atoms with Gasteiger partial charge in [-0.1, -0.05) is 19.1 Å². The molecule has 25 heavy (non-hydrogen) atoms. The fourth-order valence-corrected chi connectivity index (χ4v) is 3.67. The van der Waals surface area contributed by atoms with Crippen LogP contribution in [0.1, 0.15) is 26.7 Å². The highest BCUT2D eigenvalue weighted by Crippen LogP contribution is 2.18. The first-order valence-electron chi connectivity index (χ1n) is 8.94. The number of aromatic nitrogens is 4. The van der Waals surface area contributed by atoms with Gasteiger partial charge in [-0.25, -0.2) is 13.9 Å². The van der Waals surface area contributed by atoms with Gasteiger partial charge in [0.05, 0.1) is 11.0 Å². The highest BCUT2D eigenvalue weighted by atomic mass is 16.2. The molecule has 1 aliphatic rings. The minimum atomic E-state index is -0.253. The predicted octanol–water partition coefficient (Wildman–Crippen LogP) is 1.73. The fraction of sp³-hybridized carbons (Fsp3) is 0.500. The lowest BCUT2D eigenvalue weighted by molar-refractivity contribution is -0.133. The van der Waals surface area contributed by atoms with Crippen molar-refractivity contribution < 1.29 is 4.79 Å². The van der Waals surface area contributed by atoms with E-state index in [2.05, 4.69) is 12.0 Å². The van der Waals surface area contributed by atoms with E-state index in [0.717, 1.165) is 37.0 Å². The van der Waals surface area contributed by atoms with E-state index in [-0.39, 0.29) is 18.1 Å². The Bertz CT molecular complexity index is 988. The Morgan fingerprint density at radius 2 is 1.88 bits per heavy atom. The van der Waals surface area contributed by atoms with Crippen LogP contribution in [0.5, 0.6) is 0 Å². The lowest BCUT2D eigenvalue weighted by Crippen LogP contribution is -2.41. The summed E-state index contributed by atoms with van der Waals surface area (Å²) >= 11 is 0. The second-order valence-electron chi connectivity index (χ2n) is 6.87. The molecule has 0 unspecified atom stereocenters. The molecule has 1 aliphatic heterocycles. The molecule has 3 heterocycles. The summed E-state index contributed by atoms with van der Waals surface area (Å²) in [6, 6.07) is 7.76. The van der Waals surface area contributed by atoms with Gasteiger partial charge in [0.1, 0.15) is 6.54 Å². The number of piperidine rings is 1. The minimum Gasteiger partial charge on any atom is -0.341 e. The lowest BCUT2D eigenvalue weighted by atomic mass is 9.99. The third-order valence-corrected chi connectivity index (χ3v) is 5.21. The summed E-state index contributed by atoms with van der Waals surface area (Å²) in [5.41, 5.74) is 1.56. The summed E-state index contributed by atoms with van der Waals surface area (Å²) in [6.07, 6.45) is 2.05. The molecule has 1 fully saturated rings. The van der Waals surface area contributed by atoms with Gasteiger partial charge in [-0.05, 0) is 37.8 Å². The maximum atomic E-state index is 12.8. The van der Waals surface area contributed by atoms with Gasteiger partial charge in [-0.3, -0.25) is 4.79 Å². The number of imidazole rings is 1. The maximum absolute atomic E-state index is 12.8. The zero-order valence-corrected chi connectivity index (χ0v) is 14.7. The number of fused-ring (bicyclic) bond motifs is 3. The van der Waals surface area contributed by atoms with Crippen LogP contribution in [-0.2, 0) is 17.9 Å². The first kappa shape index (κ1) is 15.9. The summed E-state index contributed by atoms with van der Waals surface area (Å²) in [6.45, 7) is 6.50. The van der Waals surface area contributed by atoms with Crippen molar-refractivity contribution in [3.8, 4) is 0 Å². The van der Waals surface area contributed by atoms with E-state index in [1.54, 1.807) is 4.40 Å². The zero-order valence-electron chi connectivity index (χ0n) is 14.7. The third kappa shape index (κ3) is 2.54. The van der Waals surface area contributed by atoms with Crippen molar-refractivity contribution in [1.82, 2.24) is 23.6 Å². The number of aryl methyl sites for hydroxylation is 1. The number of likely N-dealkylation sites (tertiary alicyclic amines) is 1. The number of hydrogen-bond donors (Lipinski definition) is 0. The molecule has 0 radical (unpaired) electrons. The number of para-hydroxylation sites is 2. The van der Waals surface area contributed by atoms with Crippen LogP contribution in [0, 0.1) is 5.92 Å². The molecule has 2 aromatic heterocycles. The molecule has 0 aliphatic carbocycles. The fourth-order valence-electron chi connectivity index (χ4n) is 3.67. The number of benzene rings is 1. The monoisotopic (exact) mass is 341 g/mol. The number of rotatable bonds is 3. The second-order valence-corrected chi connectivity index (χ2v) is 6.87. The number of nitrogens with zero attached hydrogens (tertiary/aromatic N) is 5. The molecule has 0 bridgehead atoms. The van der Waals surface area contributed by atoms with Crippen LogP contribution < -0.4 is 5.69 Å². The van der Waals surface area contributed by atoms with Gasteiger partial charge in [-0.15, -0.1) is 5.10 Å². The molecule has 0 N–H and O–H groups in total. The SMILES string of the molecule is CCn1c2ccccc2n2c(=O)n(CC(=O)N3CCC(C)CC3)nc12. The highest BCUT2D eigenvalue weighted by Gasteiger charge is 2.23. The Hall–Kier alpha value is -2.57. The van der Waals surface area contributed by atoms with E-state index in [4.69, 9.17) is 0 Å². The normalized spacial score (nSPS) is 16.2. The van der Waals surface area contributed by atoms with Gasteiger partial charge in [0.15, 0.2) is 0 Å². The van der Waals surface area contributed by atoms with Crippen LogP contribution in [0.3, 0.4) is 0 Å². The first-order chi connectivity index (χ1) is 12.1. The van der Waals surface area contributed by atoms with E-state index in [1.165, 1.54) is 4.68 Å². The molecule has 7 nitrogen and oxygen atoms in total. The summed E-state index contributed by atoms with van der Waals surface area (Å²) in [7, 11) is 0. The van der Waals surface area contributed by atoms with E-state index in [9.17, 15) is 9.59 Å². The van der Waals surface area contributed by atoms with Crippen molar-refractivity contribution in [2.45, 2.75) is 39.8 Å². The van der Waals surface area contributed by atoms with Crippen LogP contribution in [0.2, 0.25) is 0 Å². The Morgan fingerprint density at radius 3 is 2.56 bits per heavy atom. The molecular weight excluding hydrogens is 318 g/mol. The molecule has 7 heteroatoms. The van der Waals surface area contributed by atoms with Gasteiger partial charge in [0, 0.05) is 19.6 Å². The molecule has 0 spiro atoms. The van der Waals surface area contributed by atoms with E-state index in [1.807, 2.05) is 40.7 Å². The van der Waals surface area contributed by atoms with Crippen LogP contribution in [0.4, 0.5) is 0 Å². The molecule has 132 valence electrons. The zero-order chi connectivity index (χ0) is 17.6. The Morgan fingerprint density at radius 1 is 1.20 bits per heavy atom. The third-order valence-electron chi connectivity index (χ3n) is 5.21. The Labute approximate surface area is 145 Å². The van der Waals surface area contributed by atoms with Crippen molar-refractivity contribution >= 4 is 22.7 Å². The highest BCUT2D eigenvalue weighted by molar-refractivity contribution is 5.81. The molecule has 1 aromatic carbocycles. The molecular formula is C18H23N5O2. The molecule has 4 rings (SSSR count). The summed E-state index contributed by atoms with van der Waals surface area (Å²) in [4.78, 5) is 27.2. The quantitative estimate of drug-likeness (QED) is 0.729. The van der Waals surface area contributed by atoms with E-state index < -0.39 is 0 Å². The lowest BCUT2D eigenvalue weighted by Gasteiger charge is -2.30. The summed E-state index contributed by atoms with van der Waals surface area (Å²) in [5.74, 6) is 1.23. The minimum absolute atomic E-state index is 0.00688. The number of carbonyl (C=O) groups is 1. The van der Waals surface area contributed by atoms with Crippen LogP contribution in [0.15, 0.2) is 29.1 Å². The molecule has 1 saturated heterocycles. The predicted molar refractivity (Wildman–Crippen MR) is 95.6 cm³/mol. The number of carbonyl (C=O) groups excluding carboxylic acids is 1. The van der Waals surface area contributed by atoms with Gasteiger partial charge in [-0.2, -0.15) is 0 Å². The molecule has 0 saturated carbocycles. The Balaban J connectivity index is 1.70. The van der Waals surface area contributed by atoms with Gasteiger partial charge >= 0.3 is 5.69 Å². The standard InChI is InChI=1S/C18H23N5O2/c1-3-21-14-6-4-5-7-15(14)23-17(21)19-22(18(23)25)12-16(24)20-10-8-13(2)9-11-20/h4-7,13H,3,8-12H2,1-2H3. The summed E-state index contributed by atoms with van der Waals surface area (Å²) < 4.78 is 4.90. The number of hydrogen-bond acceptors (Lipinski definition) is 3. The smallest absolute Gasteiger partial charge is 0.341 e. The van der Waals surface area contributed by atoms with Gasteiger partial charge in [0.2, 0.25) is 11.7 Å². The second kappa shape index (κ2) is 6.06. The Kier molecular flexibility index (Phi) is 3.86. The van der Waals surface area contributed by atoms with Crippen molar-refractivity contribution in [3.63, 3.8) is 0 Å². The van der Waals surface area contributed by atoms with Crippen molar-refractivity contribution in [2.75, 3.05) is 13.1 Å². The molecule has 0 atom stereocenters. The molecule has 1 amide bonds. The van der Waals surface area contributed by atoms with Crippen molar-refractivity contribution in [3.05, 3.63) is 34.7 Å².